The largest absolute Gasteiger partial charge is 0.478 e. The number of carboxylic acid groups (broad SMARTS) is 5. The topological polar surface area (TPSA) is 186 Å². The van der Waals surface area contributed by atoms with Gasteiger partial charge in [-0.15, -0.1) is 0 Å². The Bertz CT molecular complexity index is 1290. The lowest BCUT2D eigenvalue weighted by Crippen LogP contribution is -2.05. The molecule has 0 amide bonds. The molecule has 10 nitrogen and oxygen atoms in total. The van der Waals surface area contributed by atoms with Crippen LogP contribution in [0.3, 0.4) is 0 Å². The Morgan fingerprint density at radius 2 is 0.818 bits per heavy atom. The molecule has 0 aliphatic rings. The predicted molar refractivity (Wildman–Crippen MR) is 112 cm³/mol. The minimum absolute atomic E-state index is 0.0144. The van der Waals surface area contributed by atoms with Crippen LogP contribution in [0.1, 0.15) is 51.8 Å². The summed E-state index contributed by atoms with van der Waals surface area (Å²) in [5.74, 6) is -6.97. The number of hydrogen-bond donors (Lipinski definition) is 5. The van der Waals surface area contributed by atoms with E-state index in [0.717, 1.165) is 24.3 Å². The summed E-state index contributed by atoms with van der Waals surface area (Å²) in [4.78, 5) is 57.5. The summed E-state index contributed by atoms with van der Waals surface area (Å²) >= 11 is 0. The van der Waals surface area contributed by atoms with E-state index in [9.17, 15) is 49.5 Å². The summed E-state index contributed by atoms with van der Waals surface area (Å²) in [6, 6.07) is 10.3. The van der Waals surface area contributed by atoms with Crippen molar-refractivity contribution in [2.24, 2.45) is 0 Å². The van der Waals surface area contributed by atoms with Gasteiger partial charge in [-0.2, -0.15) is 0 Å². The summed E-state index contributed by atoms with van der Waals surface area (Å²) in [5, 5.41) is 46.8. The molecule has 33 heavy (non-hydrogen) atoms. The van der Waals surface area contributed by atoms with Gasteiger partial charge in [-0.05, 0) is 70.8 Å². The summed E-state index contributed by atoms with van der Waals surface area (Å²) < 4.78 is 0. The SMILES string of the molecule is O=C(O)c1cc(C(=O)O)cc(-c2ccc(C(=O)O)c(-c3cc(C(=O)O)cc(C(=O)O)c3)c2)c1. The maximum Gasteiger partial charge on any atom is 0.336 e. The van der Waals surface area contributed by atoms with Crippen molar-refractivity contribution in [1.82, 2.24) is 0 Å². The Hall–Kier alpha value is -4.99. The first kappa shape index (κ1) is 22.7. The van der Waals surface area contributed by atoms with Crippen molar-refractivity contribution in [1.29, 1.82) is 0 Å². The van der Waals surface area contributed by atoms with E-state index < -0.39 is 29.8 Å². The number of benzene rings is 3. The van der Waals surface area contributed by atoms with Gasteiger partial charge in [-0.25, -0.2) is 24.0 Å². The van der Waals surface area contributed by atoms with E-state index in [-0.39, 0.29) is 50.1 Å². The molecule has 0 bridgehead atoms. The fourth-order valence-corrected chi connectivity index (χ4v) is 3.22. The average molecular weight is 450 g/mol. The third kappa shape index (κ3) is 4.69. The lowest BCUT2D eigenvalue weighted by molar-refractivity contribution is 0.0676. The highest BCUT2D eigenvalue weighted by atomic mass is 16.4. The van der Waals surface area contributed by atoms with E-state index in [1.807, 2.05) is 0 Å². The quantitative estimate of drug-likeness (QED) is 0.356. The molecule has 3 aromatic carbocycles. The minimum Gasteiger partial charge on any atom is -0.478 e. The summed E-state index contributed by atoms with van der Waals surface area (Å²) in [6.45, 7) is 0. The first-order chi connectivity index (χ1) is 15.5. The normalized spacial score (nSPS) is 10.4. The van der Waals surface area contributed by atoms with Crippen LogP contribution in [0.25, 0.3) is 22.3 Å². The highest BCUT2D eigenvalue weighted by Gasteiger charge is 2.19. The molecule has 0 fully saturated rings. The van der Waals surface area contributed by atoms with Crippen LogP contribution in [0.15, 0.2) is 54.6 Å². The molecule has 0 aliphatic carbocycles. The molecule has 0 aliphatic heterocycles. The summed E-state index contributed by atoms with van der Waals surface area (Å²) in [7, 11) is 0. The van der Waals surface area contributed by atoms with Crippen LogP contribution in [-0.2, 0) is 0 Å². The highest BCUT2D eigenvalue weighted by molar-refractivity contribution is 6.01. The van der Waals surface area contributed by atoms with Gasteiger partial charge in [-0.3, -0.25) is 0 Å². The van der Waals surface area contributed by atoms with Gasteiger partial charge < -0.3 is 25.5 Å². The zero-order valence-electron chi connectivity index (χ0n) is 16.5. The summed E-state index contributed by atoms with van der Waals surface area (Å²) in [5.41, 5.74) is -1.32. The van der Waals surface area contributed by atoms with Crippen LogP contribution in [0.4, 0.5) is 0 Å². The van der Waals surface area contributed by atoms with Crippen molar-refractivity contribution >= 4 is 29.8 Å². The zero-order chi connectivity index (χ0) is 24.4. The first-order valence-electron chi connectivity index (χ1n) is 9.09. The van der Waals surface area contributed by atoms with E-state index >= 15 is 0 Å². The van der Waals surface area contributed by atoms with E-state index in [0.29, 0.717) is 0 Å². The van der Waals surface area contributed by atoms with Gasteiger partial charge >= 0.3 is 29.8 Å². The Kier molecular flexibility index (Phi) is 5.93. The van der Waals surface area contributed by atoms with Crippen molar-refractivity contribution in [3.05, 3.63) is 82.4 Å². The molecule has 3 aromatic rings. The van der Waals surface area contributed by atoms with Gasteiger partial charge in [-0.1, -0.05) is 6.07 Å². The van der Waals surface area contributed by atoms with Crippen LogP contribution >= 0.6 is 0 Å². The monoisotopic (exact) mass is 450 g/mol. The third-order valence-electron chi connectivity index (χ3n) is 4.75. The lowest BCUT2D eigenvalue weighted by Gasteiger charge is -2.12. The molecule has 166 valence electrons. The molecule has 0 radical (unpaired) electrons. The molecule has 0 heterocycles. The van der Waals surface area contributed by atoms with Crippen molar-refractivity contribution in [2.45, 2.75) is 0 Å². The number of rotatable bonds is 7. The van der Waals surface area contributed by atoms with Crippen molar-refractivity contribution in [3.63, 3.8) is 0 Å². The Balaban J connectivity index is 2.31. The lowest BCUT2D eigenvalue weighted by atomic mass is 9.91. The van der Waals surface area contributed by atoms with Gasteiger partial charge in [0.15, 0.2) is 0 Å². The van der Waals surface area contributed by atoms with Crippen LogP contribution in [0.2, 0.25) is 0 Å². The average Bonchev–Trinajstić information content (AvgIpc) is 2.77. The molecular formula is C23H14O10. The number of hydrogen-bond acceptors (Lipinski definition) is 5. The second-order valence-corrected chi connectivity index (χ2v) is 6.88. The number of carboxylic acids is 5. The fraction of sp³-hybridized carbons (Fsp3) is 0. The van der Waals surface area contributed by atoms with E-state index in [4.69, 9.17) is 0 Å². The molecule has 0 spiro atoms. The number of aromatic carboxylic acids is 5. The smallest absolute Gasteiger partial charge is 0.336 e. The second-order valence-electron chi connectivity index (χ2n) is 6.88. The molecule has 10 heteroatoms. The van der Waals surface area contributed by atoms with E-state index in [1.54, 1.807) is 0 Å². The maximum absolute atomic E-state index is 11.8. The molecule has 0 aromatic heterocycles. The summed E-state index contributed by atoms with van der Waals surface area (Å²) in [6.07, 6.45) is 0. The second kappa shape index (κ2) is 8.63. The highest BCUT2D eigenvalue weighted by Crippen LogP contribution is 2.32. The standard InChI is InChI=1S/C23H14O10/c24-19(25)13-3-11(4-14(7-13)20(26)27)10-1-2-17(23(32)33)18(9-10)12-5-15(21(28)29)8-16(6-12)22(30)31/h1-9H,(H,24,25)(H,26,27)(H,28,29)(H,30,31)(H,32,33). The van der Waals surface area contributed by atoms with Gasteiger partial charge in [0.1, 0.15) is 0 Å². The van der Waals surface area contributed by atoms with E-state index in [2.05, 4.69) is 0 Å². The molecular weight excluding hydrogens is 436 g/mol. The van der Waals surface area contributed by atoms with Gasteiger partial charge in [0.05, 0.1) is 27.8 Å². The van der Waals surface area contributed by atoms with Crippen LogP contribution in [0, 0.1) is 0 Å². The van der Waals surface area contributed by atoms with Crippen molar-refractivity contribution < 1.29 is 49.5 Å². The fourth-order valence-electron chi connectivity index (χ4n) is 3.22. The Morgan fingerprint density at radius 1 is 0.424 bits per heavy atom. The Morgan fingerprint density at radius 3 is 1.18 bits per heavy atom. The van der Waals surface area contributed by atoms with Crippen LogP contribution in [0.5, 0.6) is 0 Å². The molecule has 0 unspecified atom stereocenters. The first-order valence-corrected chi connectivity index (χ1v) is 9.09. The Labute approximate surface area is 184 Å². The van der Waals surface area contributed by atoms with Gasteiger partial charge in [0, 0.05) is 0 Å². The zero-order valence-corrected chi connectivity index (χ0v) is 16.5. The molecule has 3 rings (SSSR count). The van der Waals surface area contributed by atoms with Crippen molar-refractivity contribution in [3.8, 4) is 22.3 Å². The van der Waals surface area contributed by atoms with E-state index in [1.165, 1.54) is 30.3 Å². The maximum atomic E-state index is 11.8. The molecule has 0 atom stereocenters. The number of carbonyl (C=O) groups is 5. The van der Waals surface area contributed by atoms with Crippen molar-refractivity contribution in [2.75, 3.05) is 0 Å². The minimum atomic E-state index is -1.42. The van der Waals surface area contributed by atoms with Crippen LogP contribution in [-0.4, -0.2) is 55.4 Å². The molecule has 5 N–H and O–H groups in total. The molecule has 0 saturated carbocycles. The third-order valence-corrected chi connectivity index (χ3v) is 4.75. The molecule has 0 saturated heterocycles. The van der Waals surface area contributed by atoms with Gasteiger partial charge in [0.2, 0.25) is 0 Å². The van der Waals surface area contributed by atoms with Crippen LogP contribution < -0.4 is 0 Å². The van der Waals surface area contributed by atoms with Gasteiger partial charge in [0.25, 0.3) is 0 Å². The predicted octanol–water partition coefficient (Wildman–Crippen LogP) is 3.51.